The Morgan fingerprint density at radius 1 is 1.14 bits per heavy atom. The molecule has 0 radical (unpaired) electrons. The Bertz CT molecular complexity index is 739. The maximum Gasteiger partial charge on any atom is 0.309 e. The lowest BCUT2D eigenvalue weighted by atomic mass is 9.40. The highest BCUT2D eigenvalue weighted by Gasteiger charge is 2.68. The van der Waals surface area contributed by atoms with E-state index in [1.165, 1.54) is 5.57 Å². The molecule has 0 aliphatic heterocycles. The third-order valence-corrected chi connectivity index (χ3v) is 10.00. The number of fused-ring (bicyclic) bond motifs is 3. The first-order valence-electron chi connectivity index (χ1n) is 11.2. The average Bonchev–Trinajstić information content (AvgIpc) is 2.81. The van der Waals surface area contributed by atoms with Gasteiger partial charge in [0.15, 0.2) is 0 Å². The van der Waals surface area contributed by atoms with Gasteiger partial charge in [-0.05, 0) is 79.4 Å². The van der Waals surface area contributed by atoms with Gasteiger partial charge in [-0.3, -0.25) is 9.59 Å². The van der Waals surface area contributed by atoms with Crippen molar-refractivity contribution in [2.45, 2.75) is 73.1 Å². The van der Waals surface area contributed by atoms with Crippen molar-refractivity contribution in [2.24, 2.45) is 51.8 Å². The smallest absolute Gasteiger partial charge is 0.309 e. The second-order valence-corrected chi connectivity index (χ2v) is 11.1. The summed E-state index contributed by atoms with van der Waals surface area (Å²) >= 11 is 0. The van der Waals surface area contributed by atoms with Gasteiger partial charge in [-0.2, -0.15) is 0 Å². The lowest BCUT2D eigenvalue weighted by molar-refractivity contribution is -0.183. The van der Waals surface area contributed by atoms with Crippen molar-refractivity contribution in [3.63, 3.8) is 0 Å². The van der Waals surface area contributed by atoms with E-state index in [0.717, 1.165) is 38.5 Å². The van der Waals surface area contributed by atoms with Crippen LogP contribution in [-0.2, 0) is 9.59 Å². The highest BCUT2D eigenvalue weighted by molar-refractivity contribution is 5.75. The quantitative estimate of drug-likeness (QED) is 0.649. The number of carboxylic acid groups (broad SMARTS) is 2. The average molecular weight is 389 g/mol. The molecule has 28 heavy (non-hydrogen) atoms. The second kappa shape index (κ2) is 6.09. The molecule has 0 bridgehead atoms. The van der Waals surface area contributed by atoms with E-state index in [4.69, 9.17) is 0 Å². The summed E-state index contributed by atoms with van der Waals surface area (Å²) in [6.07, 6.45) is 8.09. The van der Waals surface area contributed by atoms with Crippen LogP contribution in [0, 0.1) is 51.8 Å². The summed E-state index contributed by atoms with van der Waals surface area (Å²) in [4.78, 5) is 24.0. The first-order valence-corrected chi connectivity index (χ1v) is 11.2. The molecule has 0 amide bonds. The fourth-order valence-corrected chi connectivity index (χ4v) is 8.25. The monoisotopic (exact) mass is 388 g/mol. The fourth-order valence-electron chi connectivity index (χ4n) is 8.25. The maximum absolute atomic E-state index is 12.2. The van der Waals surface area contributed by atoms with E-state index < -0.39 is 17.4 Å². The lowest BCUT2D eigenvalue weighted by Gasteiger charge is -2.64. The molecule has 0 aromatic carbocycles. The molecule has 8 atom stereocenters. The van der Waals surface area contributed by atoms with E-state index in [2.05, 4.69) is 33.8 Å². The molecular weight excluding hydrogens is 352 g/mol. The first kappa shape index (κ1) is 20.0. The minimum absolute atomic E-state index is 0.00539. The predicted molar refractivity (Wildman–Crippen MR) is 108 cm³/mol. The molecular formula is C24H36O4. The zero-order valence-electron chi connectivity index (χ0n) is 18.0. The molecule has 0 heterocycles. The van der Waals surface area contributed by atoms with Crippen LogP contribution in [0.2, 0.25) is 0 Å². The third kappa shape index (κ3) is 2.29. The molecule has 4 nitrogen and oxygen atoms in total. The Kier molecular flexibility index (Phi) is 4.34. The molecule has 4 aliphatic carbocycles. The summed E-state index contributed by atoms with van der Waals surface area (Å²) in [6, 6.07) is 0. The van der Waals surface area contributed by atoms with Gasteiger partial charge in [-0.15, -0.1) is 0 Å². The van der Waals surface area contributed by atoms with Crippen molar-refractivity contribution in [3.05, 3.63) is 11.6 Å². The Labute approximate surface area is 168 Å². The van der Waals surface area contributed by atoms with E-state index >= 15 is 0 Å². The lowest BCUT2D eigenvalue weighted by Crippen LogP contribution is -2.60. The number of aliphatic carboxylic acids is 2. The van der Waals surface area contributed by atoms with E-state index in [1.807, 2.05) is 6.92 Å². The Morgan fingerprint density at radius 2 is 1.82 bits per heavy atom. The number of rotatable bonds is 3. The zero-order valence-corrected chi connectivity index (χ0v) is 18.0. The summed E-state index contributed by atoms with van der Waals surface area (Å²) in [5.41, 5.74) is 0.785. The summed E-state index contributed by atoms with van der Waals surface area (Å²) in [7, 11) is 0. The SMILES string of the molecule is CC(C)C1=CC2(CCC3C(C)(C(=O)O)CCCC3(C)C2C)C2CC(C(=O)O)C12. The summed E-state index contributed by atoms with van der Waals surface area (Å²) in [5, 5.41) is 19.7. The Balaban J connectivity index is 1.74. The first-order chi connectivity index (χ1) is 13.0. The number of hydrogen-bond acceptors (Lipinski definition) is 2. The maximum atomic E-state index is 12.2. The van der Waals surface area contributed by atoms with Crippen LogP contribution in [0.5, 0.6) is 0 Å². The Morgan fingerprint density at radius 3 is 2.39 bits per heavy atom. The van der Waals surface area contributed by atoms with Crippen molar-refractivity contribution in [3.8, 4) is 0 Å². The van der Waals surface area contributed by atoms with Crippen LogP contribution < -0.4 is 0 Å². The van der Waals surface area contributed by atoms with Crippen LogP contribution in [0.3, 0.4) is 0 Å². The number of hydrogen-bond donors (Lipinski definition) is 2. The van der Waals surface area contributed by atoms with E-state index in [1.54, 1.807) is 0 Å². The summed E-state index contributed by atoms with van der Waals surface area (Å²) in [6.45, 7) is 11.1. The van der Waals surface area contributed by atoms with Crippen molar-refractivity contribution in [1.82, 2.24) is 0 Å². The second-order valence-electron chi connectivity index (χ2n) is 11.1. The van der Waals surface area contributed by atoms with E-state index in [-0.39, 0.29) is 28.6 Å². The predicted octanol–water partition coefficient (Wildman–Crippen LogP) is 5.23. The molecule has 2 N–H and O–H groups in total. The van der Waals surface area contributed by atoms with Crippen molar-refractivity contribution >= 4 is 11.9 Å². The van der Waals surface area contributed by atoms with E-state index in [0.29, 0.717) is 17.8 Å². The van der Waals surface area contributed by atoms with Gasteiger partial charge >= 0.3 is 11.9 Å². The van der Waals surface area contributed by atoms with Gasteiger partial charge in [0.25, 0.3) is 0 Å². The van der Waals surface area contributed by atoms with Crippen LogP contribution in [0.1, 0.15) is 73.1 Å². The van der Waals surface area contributed by atoms with Gasteiger partial charge in [-0.1, -0.05) is 45.8 Å². The van der Waals surface area contributed by atoms with Crippen LogP contribution in [0.15, 0.2) is 11.6 Å². The molecule has 0 saturated heterocycles. The van der Waals surface area contributed by atoms with Crippen molar-refractivity contribution in [2.75, 3.05) is 0 Å². The van der Waals surface area contributed by atoms with Gasteiger partial charge in [0, 0.05) is 0 Å². The molecule has 8 unspecified atom stereocenters. The van der Waals surface area contributed by atoms with Crippen LogP contribution in [0.25, 0.3) is 0 Å². The van der Waals surface area contributed by atoms with Gasteiger partial charge in [0.05, 0.1) is 11.3 Å². The van der Waals surface area contributed by atoms with Crippen LogP contribution >= 0.6 is 0 Å². The van der Waals surface area contributed by atoms with Crippen LogP contribution in [0.4, 0.5) is 0 Å². The van der Waals surface area contributed by atoms with Gasteiger partial charge in [0.1, 0.15) is 0 Å². The number of carboxylic acids is 2. The number of allylic oxidation sites excluding steroid dienone is 2. The van der Waals surface area contributed by atoms with Crippen LogP contribution in [-0.4, -0.2) is 22.2 Å². The molecule has 4 aliphatic rings. The molecule has 3 saturated carbocycles. The molecule has 3 fully saturated rings. The Hall–Kier alpha value is -1.32. The largest absolute Gasteiger partial charge is 0.481 e. The minimum atomic E-state index is -0.645. The topological polar surface area (TPSA) is 74.6 Å². The zero-order chi connectivity index (χ0) is 20.6. The van der Waals surface area contributed by atoms with Gasteiger partial charge in [-0.25, -0.2) is 0 Å². The summed E-state index contributed by atoms with van der Waals surface area (Å²) in [5.74, 6) is 0.0749. The minimum Gasteiger partial charge on any atom is -0.481 e. The standard InChI is InChI=1S/C24H36O4/c1-13(2)16-12-24(17-11-15(19(16)17)20(25)26)10-7-18-22(4,14(24)3)8-6-9-23(18,5)21(27)28/h12-15,17-19H,6-11H2,1-5H3,(H,25,26)(H,27,28). The highest BCUT2D eigenvalue weighted by Crippen LogP contribution is 2.73. The molecule has 1 spiro atoms. The van der Waals surface area contributed by atoms with Crippen molar-refractivity contribution in [1.29, 1.82) is 0 Å². The molecule has 4 rings (SSSR count). The summed E-state index contributed by atoms with van der Waals surface area (Å²) < 4.78 is 0. The van der Waals surface area contributed by atoms with Gasteiger partial charge in [0.2, 0.25) is 0 Å². The normalized spacial score (nSPS) is 49.9. The van der Waals surface area contributed by atoms with Gasteiger partial charge < -0.3 is 10.2 Å². The van der Waals surface area contributed by atoms with Crippen molar-refractivity contribution < 1.29 is 19.8 Å². The highest BCUT2D eigenvalue weighted by atomic mass is 16.4. The molecule has 156 valence electrons. The third-order valence-electron chi connectivity index (χ3n) is 10.00. The molecule has 4 heteroatoms. The van der Waals surface area contributed by atoms with E-state index in [9.17, 15) is 19.8 Å². The number of carbonyl (C=O) groups is 2. The molecule has 0 aromatic rings. The molecule has 0 aromatic heterocycles. The fraction of sp³-hybridized carbons (Fsp3) is 0.833.